The number of ether oxygens (including phenoxy) is 2. The lowest BCUT2D eigenvalue weighted by atomic mass is 10.1. The molecule has 0 saturated carbocycles. The monoisotopic (exact) mass is 228 g/mol. The van der Waals surface area contributed by atoms with Crippen molar-refractivity contribution >= 4 is 23.3 Å². The maximum absolute atomic E-state index is 11.5. The number of methoxy groups -OCH3 is 2. The fourth-order valence-electron chi connectivity index (χ4n) is 1.21. The van der Waals surface area contributed by atoms with Crippen LogP contribution in [-0.2, 0) is 9.47 Å². The molecular formula is C10H12O4S. The molecule has 15 heavy (non-hydrogen) atoms. The van der Waals surface area contributed by atoms with Crippen LogP contribution in [0.1, 0.15) is 30.5 Å². The average molecular weight is 228 g/mol. The Morgan fingerprint density at radius 3 is 2.07 bits per heavy atom. The van der Waals surface area contributed by atoms with Crippen LogP contribution in [0.25, 0.3) is 0 Å². The van der Waals surface area contributed by atoms with Crippen molar-refractivity contribution in [2.24, 2.45) is 0 Å². The molecule has 0 spiro atoms. The first-order valence-corrected chi connectivity index (χ1v) is 5.11. The van der Waals surface area contributed by atoms with Crippen LogP contribution in [0.5, 0.6) is 0 Å². The summed E-state index contributed by atoms with van der Waals surface area (Å²) in [5, 5.41) is 0. The summed E-state index contributed by atoms with van der Waals surface area (Å²) < 4.78 is 9.23. The Morgan fingerprint density at radius 1 is 1.07 bits per heavy atom. The first-order valence-electron chi connectivity index (χ1n) is 4.29. The van der Waals surface area contributed by atoms with Gasteiger partial charge < -0.3 is 9.47 Å². The molecule has 0 aliphatic heterocycles. The fourth-order valence-corrected chi connectivity index (χ4v) is 2.28. The largest absolute Gasteiger partial charge is 0.465 e. The molecule has 1 aromatic heterocycles. The van der Waals surface area contributed by atoms with E-state index in [4.69, 9.17) is 0 Å². The van der Waals surface area contributed by atoms with Gasteiger partial charge in [0, 0.05) is 4.88 Å². The molecule has 0 bridgehead atoms. The minimum absolute atomic E-state index is 0.305. The van der Waals surface area contributed by atoms with Gasteiger partial charge in [0.1, 0.15) is 4.88 Å². The van der Waals surface area contributed by atoms with Crippen molar-refractivity contribution < 1.29 is 19.1 Å². The number of thiophene rings is 1. The summed E-state index contributed by atoms with van der Waals surface area (Å²) in [6, 6.07) is 0. The number of hydrogen-bond acceptors (Lipinski definition) is 5. The zero-order chi connectivity index (χ0) is 11.6. The molecule has 1 heterocycles. The number of hydrogen-bond donors (Lipinski definition) is 0. The van der Waals surface area contributed by atoms with E-state index in [1.807, 2.05) is 6.92 Å². The molecule has 0 radical (unpaired) electrons. The Hall–Kier alpha value is -1.36. The number of aryl methyl sites for hydroxylation is 1. The molecule has 1 aromatic rings. The highest BCUT2D eigenvalue weighted by atomic mass is 32.1. The van der Waals surface area contributed by atoms with Crippen molar-refractivity contribution in [3.63, 3.8) is 0 Å². The summed E-state index contributed by atoms with van der Waals surface area (Å²) in [5.41, 5.74) is 1.08. The van der Waals surface area contributed by atoms with E-state index in [0.717, 1.165) is 10.4 Å². The van der Waals surface area contributed by atoms with Gasteiger partial charge in [-0.1, -0.05) is 0 Å². The van der Waals surface area contributed by atoms with E-state index in [1.165, 1.54) is 25.6 Å². The van der Waals surface area contributed by atoms with Gasteiger partial charge in [-0.25, -0.2) is 9.59 Å². The lowest BCUT2D eigenvalue weighted by Gasteiger charge is -2.01. The molecule has 5 heteroatoms. The highest BCUT2D eigenvalue weighted by Crippen LogP contribution is 2.28. The topological polar surface area (TPSA) is 52.6 Å². The SMILES string of the molecule is COC(=O)c1sc(C)c(C)c1C(=O)OC. The Bertz CT molecular complexity index is 406. The van der Waals surface area contributed by atoms with E-state index < -0.39 is 11.9 Å². The van der Waals surface area contributed by atoms with Crippen molar-refractivity contribution in [2.75, 3.05) is 14.2 Å². The zero-order valence-corrected chi connectivity index (χ0v) is 9.86. The standard InChI is InChI=1S/C10H12O4S/c1-5-6(2)15-8(10(12)14-4)7(5)9(11)13-3/h1-4H3. The molecule has 0 fully saturated rings. The summed E-state index contributed by atoms with van der Waals surface area (Å²) in [4.78, 5) is 24.1. The molecule has 1 rings (SSSR count). The maximum atomic E-state index is 11.5. The normalized spacial score (nSPS) is 9.87. The van der Waals surface area contributed by atoms with Crippen molar-refractivity contribution in [1.29, 1.82) is 0 Å². The van der Waals surface area contributed by atoms with E-state index >= 15 is 0 Å². The molecule has 82 valence electrons. The molecule has 0 aliphatic carbocycles. The lowest BCUT2D eigenvalue weighted by Crippen LogP contribution is -2.09. The van der Waals surface area contributed by atoms with Crippen LogP contribution >= 0.6 is 11.3 Å². The predicted octanol–water partition coefficient (Wildman–Crippen LogP) is 1.94. The fraction of sp³-hybridized carbons (Fsp3) is 0.400. The summed E-state index contributed by atoms with van der Waals surface area (Å²) in [6.07, 6.45) is 0. The van der Waals surface area contributed by atoms with Gasteiger partial charge in [-0.05, 0) is 19.4 Å². The molecule has 0 atom stereocenters. The third-order valence-electron chi connectivity index (χ3n) is 2.15. The summed E-state index contributed by atoms with van der Waals surface area (Å²) in [7, 11) is 2.57. The number of esters is 2. The van der Waals surface area contributed by atoms with Gasteiger partial charge in [-0.2, -0.15) is 0 Å². The van der Waals surface area contributed by atoms with Crippen molar-refractivity contribution in [1.82, 2.24) is 0 Å². The van der Waals surface area contributed by atoms with Gasteiger partial charge in [0.25, 0.3) is 0 Å². The van der Waals surface area contributed by atoms with Gasteiger partial charge in [0.15, 0.2) is 0 Å². The molecule has 0 unspecified atom stereocenters. The van der Waals surface area contributed by atoms with E-state index in [-0.39, 0.29) is 0 Å². The molecule has 4 nitrogen and oxygen atoms in total. The molecule has 0 amide bonds. The van der Waals surface area contributed by atoms with Crippen LogP contribution in [0.4, 0.5) is 0 Å². The Balaban J connectivity index is 3.33. The van der Waals surface area contributed by atoms with Crippen molar-refractivity contribution in [2.45, 2.75) is 13.8 Å². The Kier molecular flexibility index (Phi) is 3.47. The minimum atomic E-state index is -0.503. The summed E-state index contributed by atoms with van der Waals surface area (Å²) >= 11 is 1.24. The van der Waals surface area contributed by atoms with Crippen molar-refractivity contribution in [3.8, 4) is 0 Å². The first kappa shape index (κ1) is 11.7. The van der Waals surface area contributed by atoms with Gasteiger partial charge in [0.05, 0.1) is 19.8 Å². The number of carbonyl (C=O) groups excluding carboxylic acids is 2. The van der Waals surface area contributed by atoms with E-state index in [1.54, 1.807) is 6.92 Å². The maximum Gasteiger partial charge on any atom is 0.348 e. The van der Waals surface area contributed by atoms with Gasteiger partial charge >= 0.3 is 11.9 Å². The van der Waals surface area contributed by atoms with Crippen molar-refractivity contribution in [3.05, 3.63) is 20.9 Å². The van der Waals surface area contributed by atoms with Crippen LogP contribution < -0.4 is 0 Å². The third kappa shape index (κ3) is 2.02. The van der Waals surface area contributed by atoms with Crippen LogP contribution in [0.2, 0.25) is 0 Å². The quantitative estimate of drug-likeness (QED) is 0.726. The second kappa shape index (κ2) is 4.44. The highest BCUT2D eigenvalue weighted by Gasteiger charge is 2.24. The van der Waals surface area contributed by atoms with Gasteiger partial charge in [-0.3, -0.25) is 0 Å². The smallest absolute Gasteiger partial charge is 0.348 e. The van der Waals surface area contributed by atoms with E-state index in [2.05, 4.69) is 9.47 Å². The minimum Gasteiger partial charge on any atom is -0.465 e. The van der Waals surface area contributed by atoms with E-state index in [0.29, 0.717) is 10.4 Å². The van der Waals surface area contributed by atoms with E-state index in [9.17, 15) is 9.59 Å². The molecule has 0 aromatic carbocycles. The second-order valence-corrected chi connectivity index (χ2v) is 4.20. The highest BCUT2D eigenvalue weighted by molar-refractivity contribution is 7.14. The van der Waals surface area contributed by atoms with Gasteiger partial charge in [-0.15, -0.1) is 11.3 Å². The molecule has 0 N–H and O–H groups in total. The number of carbonyl (C=O) groups is 2. The molecular weight excluding hydrogens is 216 g/mol. The van der Waals surface area contributed by atoms with Crippen LogP contribution in [-0.4, -0.2) is 26.2 Å². The van der Waals surface area contributed by atoms with Crippen LogP contribution in [0, 0.1) is 13.8 Å². The van der Waals surface area contributed by atoms with Gasteiger partial charge in [0.2, 0.25) is 0 Å². The first-order chi connectivity index (χ1) is 7.02. The molecule has 0 aliphatic rings. The Labute approximate surface area is 91.8 Å². The van der Waals surface area contributed by atoms with Crippen LogP contribution in [0.15, 0.2) is 0 Å². The number of rotatable bonds is 2. The van der Waals surface area contributed by atoms with Crippen LogP contribution in [0.3, 0.4) is 0 Å². The predicted molar refractivity (Wildman–Crippen MR) is 56.5 cm³/mol. The second-order valence-electron chi connectivity index (χ2n) is 2.97. The summed E-state index contributed by atoms with van der Waals surface area (Å²) in [5.74, 6) is -1.01. The molecule has 0 saturated heterocycles. The Morgan fingerprint density at radius 2 is 1.60 bits per heavy atom. The third-order valence-corrected chi connectivity index (χ3v) is 3.33. The zero-order valence-electron chi connectivity index (χ0n) is 9.04. The summed E-state index contributed by atoms with van der Waals surface area (Å²) in [6.45, 7) is 3.63. The lowest BCUT2D eigenvalue weighted by molar-refractivity contribution is 0.0559. The average Bonchev–Trinajstić information content (AvgIpc) is 2.53.